The summed E-state index contributed by atoms with van der Waals surface area (Å²) in [7, 11) is 1.66. The number of oxazole rings is 1. The molecule has 0 radical (unpaired) electrons. The van der Waals surface area contributed by atoms with E-state index in [1.807, 2.05) is 24.3 Å². The monoisotopic (exact) mass is 231 g/mol. The third-order valence-electron chi connectivity index (χ3n) is 2.93. The lowest BCUT2D eigenvalue weighted by molar-refractivity contribution is 0.414. The maximum absolute atomic E-state index is 5.74. The fourth-order valence-corrected chi connectivity index (χ4v) is 1.58. The lowest BCUT2D eigenvalue weighted by Gasteiger charge is -2.02. The predicted molar refractivity (Wildman–Crippen MR) is 67.2 cm³/mol. The molecule has 0 bridgehead atoms. The summed E-state index contributed by atoms with van der Waals surface area (Å²) in [6.45, 7) is 4.24. The SMILES string of the molecule is CCC(C)c1ncc(-c2ccc(OC)cc2)o1. The van der Waals surface area contributed by atoms with Crippen LogP contribution in [-0.4, -0.2) is 12.1 Å². The molecule has 0 aliphatic heterocycles. The number of hydrogen-bond acceptors (Lipinski definition) is 3. The van der Waals surface area contributed by atoms with Gasteiger partial charge in [0.05, 0.1) is 13.3 Å². The summed E-state index contributed by atoms with van der Waals surface area (Å²) in [6, 6.07) is 7.78. The minimum Gasteiger partial charge on any atom is -0.497 e. The van der Waals surface area contributed by atoms with E-state index in [1.165, 1.54) is 0 Å². The first-order valence-electron chi connectivity index (χ1n) is 5.84. The third kappa shape index (κ3) is 2.49. The minimum atomic E-state index is 0.363. The molecule has 3 heteroatoms. The highest BCUT2D eigenvalue weighted by molar-refractivity contribution is 5.57. The zero-order chi connectivity index (χ0) is 12.3. The summed E-state index contributed by atoms with van der Waals surface area (Å²) >= 11 is 0. The molecule has 17 heavy (non-hydrogen) atoms. The van der Waals surface area contributed by atoms with Crippen LogP contribution in [0.2, 0.25) is 0 Å². The maximum atomic E-state index is 5.74. The number of aromatic nitrogens is 1. The van der Waals surface area contributed by atoms with Crippen LogP contribution >= 0.6 is 0 Å². The van der Waals surface area contributed by atoms with Crippen LogP contribution in [0.4, 0.5) is 0 Å². The van der Waals surface area contributed by atoms with Gasteiger partial charge < -0.3 is 9.15 Å². The summed E-state index contributed by atoms with van der Waals surface area (Å²) in [5.41, 5.74) is 1.02. The summed E-state index contributed by atoms with van der Waals surface area (Å²) in [4.78, 5) is 4.31. The van der Waals surface area contributed by atoms with E-state index in [0.717, 1.165) is 29.4 Å². The summed E-state index contributed by atoms with van der Waals surface area (Å²) in [5.74, 6) is 2.82. The molecule has 0 aliphatic carbocycles. The predicted octanol–water partition coefficient (Wildman–Crippen LogP) is 3.86. The molecule has 0 amide bonds. The van der Waals surface area contributed by atoms with Crippen molar-refractivity contribution in [1.82, 2.24) is 4.98 Å². The van der Waals surface area contributed by atoms with Crippen LogP contribution in [0.5, 0.6) is 5.75 Å². The van der Waals surface area contributed by atoms with Gasteiger partial charge in [0.2, 0.25) is 0 Å². The van der Waals surface area contributed by atoms with Gasteiger partial charge in [-0.2, -0.15) is 0 Å². The largest absolute Gasteiger partial charge is 0.497 e. The molecule has 2 aromatic rings. The Balaban J connectivity index is 2.24. The first-order chi connectivity index (χ1) is 8.24. The molecule has 0 saturated heterocycles. The zero-order valence-corrected chi connectivity index (χ0v) is 10.4. The molecule has 1 heterocycles. The Bertz CT molecular complexity index is 473. The first kappa shape index (κ1) is 11.7. The van der Waals surface area contributed by atoms with Crippen molar-refractivity contribution < 1.29 is 9.15 Å². The van der Waals surface area contributed by atoms with E-state index in [2.05, 4.69) is 18.8 Å². The molecule has 1 unspecified atom stereocenters. The smallest absolute Gasteiger partial charge is 0.197 e. The van der Waals surface area contributed by atoms with Crippen molar-refractivity contribution in [2.24, 2.45) is 0 Å². The van der Waals surface area contributed by atoms with Crippen molar-refractivity contribution in [3.05, 3.63) is 36.4 Å². The van der Waals surface area contributed by atoms with Crippen LogP contribution < -0.4 is 4.74 Å². The van der Waals surface area contributed by atoms with Crippen molar-refractivity contribution in [3.8, 4) is 17.1 Å². The first-order valence-corrected chi connectivity index (χ1v) is 5.84. The molecule has 0 fully saturated rings. The molecule has 0 spiro atoms. The van der Waals surface area contributed by atoms with Crippen molar-refractivity contribution in [3.63, 3.8) is 0 Å². The van der Waals surface area contributed by atoms with Gasteiger partial charge in [0.15, 0.2) is 11.7 Å². The summed E-state index contributed by atoms with van der Waals surface area (Å²) in [5, 5.41) is 0. The van der Waals surface area contributed by atoms with Crippen molar-refractivity contribution in [2.45, 2.75) is 26.2 Å². The summed E-state index contributed by atoms with van der Waals surface area (Å²) in [6.07, 6.45) is 2.81. The standard InChI is InChI=1S/C14H17NO2/c1-4-10(2)14-15-9-13(17-14)11-5-7-12(16-3)8-6-11/h5-10H,4H2,1-3H3. The van der Waals surface area contributed by atoms with Gasteiger partial charge in [0.25, 0.3) is 0 Å². The Kier molecular flexibility index (Phi) is 3.47. The van der Waals surface area contributed by atoms with Gasteiger partial charge in [-0.05, 0) is 30.7 Å². The molecular weight excluding hydrogens is 214 g/mol. The highest BCUT2D eigenvalue weighted by atomic mass is 16.5. The molecular formula is C14H17NO2. The molecule has 0 aliphatic rings. The van der Waals surface area contributed by atoms with E-state index < -0.39 is 0 Å². The lowest BCUT2D eigenvalue weighted by atomic mass is 10.1. The average Bonchev–Trinajstić information content (AvgIpc) is 2.87. The number of rotatable bonds is 4. The molecule has 2 rings (SSSR count). The van der Waals surface area contributed by atoms with E-state index in [9.17, 15) is 0 Å². The number of benzene rings is 1. The fourth-order valence-electron chi connectivity index (χ4n) is 1.58. The Morgan fingerprint density at radius 3 is 2.59 bits per heavy atom. The van der Waals surface area contributed by atoms with Gasteiger partial charge in [0.1, 0.15) is 5.75 Å². The van der Waals surface area contributed by atoms with Gasteiger partial charge in [-0.25, -0.2) is 4.98 Å². The normalized spacial score (nSPS) is 12.4. The van der Waals surface area contributed by atoms with Gasteiger partial charge in [-0.15, -0.1) is 0 Å². The van der Waals surface area contributed by atoms with E-state index in [0.29, 0.717) is 5.92 Å². The number of hydrogen-bond donors (Lipinski definition) is 0. The van der Waals surface area contributed by atoms with Crippen LogP contribution in [0, 0.1) is 0 Å². The van der Waals surface area contributed by atoms with Gasteiger partial charge in [-0.1, -0.05) is 13.8 Å². The minimum absolute atomic E-state index is 0.363. The van der Waals surface area contributed by atoms with E-state index in [-0.39, 0.29) is 0 Å². The number of methoxy groups -OCH3 is 1. The van der Waals surface area contributed by atoms with Gasteiger partial charge in [-0.3, -0.25) is 0 Å². The van der Waals surface area contributed by atoms with Crippen molar-refractivity contribution in [2.75, 3.05) is 7.11 Å². The van der Waals surface area contributed by atoms with Crippen LogP contribution in [0.3, 0.4) is 0 Å². The van der Waals surface area contributed by atoms with Gasteiger partial charge in [0, 0.05) is 11.5 Å². The van der Waals surface area contributed by atoms with E-state index in [1.54, 1.807) is 13.3 Å². The topological polar surface area (TPSA) is 35.3 Å². The van der Waals surface area contributed by atoms with Crippen LogP contribution in [0.1, 0.15) is 32.1 Å². The summed E-state index contributed by atoms with van der Waals surface area (Å²) < 4.78 is 10.9. The second-order valence-corrected chi connectivity index (χ2v) is 4.10. The molecule has 3 nitrogen and oxygen atoms in total. The quantitative estimate of drug-likeness (QED) is 0.801. The van der Waals surface area contributed by atoms with E-state index in [4.69, 9.17) is 9.15 Å². The number of nitrogens with zero attached hydrogens (tertiary/aromatic N) is 1. The molecule has 0 N–H and O–H groups in total. The Morgan fingerprint density at radius 1 is 1.29 bits per heavy atom. The van der Waals surface area contributed by atoms with Crippen molar-refractivity contribution >= 4 is 0 Å². The average molecular weight is 231 g/mol. The molecule has 1 atom stereocenters. The fraction of sp³-hybridized carbons (Fsp3) is 0.357. The zero-order valence-electron chi connectivity index (χ0n) is 10.4. The molecule has 1 aromatic heterocycles. The Morgan fingerprint density at radius 2 is 2.00 bits per heavy atom. The Labute approximate surface area is 101 Å². The van der Waals surface area contributed by atoms with Crippen LogP contribution in [0.25, 0.3) is 11.3 Å². The lowest BCUT2D eigenvalue weighted by Crippen LogP contribution is -1.89. The van der Waals surface area contributed by atoms with Crippen molar-refractivity contribution in [1.29, 1.82) is 0 Å². The van der Waals surface area contributed by atoms with Crippen LogP contribution in [-0.2, 0) is 0 Å². The highest BCUT2D eigenvalue weighted by Gasteiger charge is 2.11. The maximum Gasteiger partial charge on any atom is 0.197 e. The molecule has 1 aromatic carbocycles. The Hall–Kier alpha value is -1.77. The second-order valence-electron chi connectivity index (χ2n) is 4.10. The second kappa shape index (κ2) is 5.04. The number of ether oxygens (including phenoxy) is 1. The highest BCUT2D eigenvalue weighted by Crippen LogP contribution is 2.26. The van der Waals surface area contributed by atoms with Crippen LogP contribution in [0.15, 0.2) is 34.9 Å². The van der Waals surface area contributed by atoms with E-state index >= 15 is 0 Å². The molecule has 0 saturated carbocycles. The third-order valence-corrected chi connectivity index (χ3v) is 2.93. The van der Waals surface area contributed by atoms with Gasteiger partial charge >= 0.3 is 0 Å². The molecule has 90 valence electrons.